The molecule has 0 aliphatic rings. The lowest BCUT2D eigenvalue weighted by Gasteiger charge is -2.04. The Morgan fingerprint density at radius 3 is 2.60 bits per heavy atom. The van der Waals surface area contributed by atoms with Crippen molar-refractivity contribution in [1.29, 1.82) is 0 Å². The summed E-state index contributed by atoms with van der Waals surface area (Å²) in [7, 11) is 0. The van der Waals surface area contributed by atoms with Crippen LogP contribution in [0.15, 0.2) is 42.5 Å². The molecule has 3 aromatic rings. The van der Waals surface area contributed by atoms with Crippen LogP contribution in [0.4, 0.5) is 4.39 Å². The van der Waals surface area contributed by atoms with E-state index in [-0.39, 0.29) is 5.69 Å². The fourth-order valence-electron chi connectivity index (χ4n) is 2.26. The highest BCUT2D eigenvalue weighted by molar-refractivity contribution is 6.68. The second kappa shape index (κ2) is 4.93. The second-order valence-corrected chi connectivity index (χ2v) is 5.10. The second-order valence-electron chi connectivity index (χ2n) is 4.32. The molecule has 0 fully saturated rings. The fraction of sp³-hybridized carbons (Fsp3) is 0. The minimum Gasteiger partial charge on any atom is -0.351 e. The third-order valence-electron chi connectivity index (χ3n) is 3.10. The number of benzene rings is 2. The molecule has 1 aromatic heterocycles. The van der Waals surface area contributed by atoms with E-state index in [2.05, 4.69) is 4.98 Å². The molecule has 0 aliphatic heterocycles. The minimum absolute atomic E-state index is 0.161. The van der Waals surface area contributed by atoms with Crippen LogP contribution in [0.5, 0.6) is 0 Å². The fourth-order valence-corrected chi connectivity index (χ4v) is 2.57. The Morgan fingerprint density at radius 2 is 1.90 bits per heavy atom. The van der Waals surface area contributed by atoms with Gasteiger partial charge in [-0.25, -0.2) is 4.39 Å². The highest BCUT2D eigenvalue weighted by Crippen LogP contribution is 2.35. The van der Waals surface area contributed by atoms with E-state index in [9.17, 15) is 9.18 Å². The molecule has 2 aromatic carbocycles. The van der Waals surface area contributed by atoms with Crippen molar-refractivity contribution < 1.29 is 9.18 Å². The van der Waals surface area contributed by atoms with E-state index in [0.29, 0.717) is 27.1 Å². The lowest BCUT2D eigenvalue weighted by molar-refractivity contribution is 0.107. The highest BCUT2D eigenvalue weighted by Gasteiger charge is 2.20. The zero-order valence-corrected chi connectivity index (χ0v) is 11.6. The normalized spacial score (nSPS) is 10.9. The Morgan fingerprint density at radius 1 is 1.15 bits per heavy atom. The molecule has 0 spiro atoms. The summed E-state index contributed by atoms with van der Waals surface area (Å²) in [5, 5.41) is 0.491. The molecule has 0 aliphatic carbocycles. The summed E-state index contributed by atoms with van der Waals surface area (Å²) in [6.45, 7) is 0. The predicted molar refractivity (Wildman–Crippen MR) is 78.9 cm³/mol. The van der Waals surface area contributed by atoms with Crippen molar-refractivity contribution in [1.82, 2.24) is 4.98 Å². The van der Waals surface area contributed by atoms with Crippen molar-refractivity contribution >= 4 is 39.3 Å². The van der Waals surface area contributed by atoms with Gasteiger partial charge in [-0.15, -0.1) is 0 Å². The first kappa shape index (κ1) is 13.2. The van der Waals surface area contributed by atoms with Gasteiger partial charge in [-0.1, -0.05) is 29.8 Å². The van der Waals surface area contributed by atoms with Crippen molar-refractivity contribution in [2.75, 3.05) is 0 Å². The van der Waals surface area contributed by atoms with E-state index < -0.39 is 11.1 Å². The van der Waals surface area contributed by atoms with Crippen molar-refractivity contribution in [3.63, 3.8) is 0 Å². The lowest BCUT2D eigenvalue weighted by Crippen LogP contribution is -1.93. The lowest BCUT2D eigenvalue weighted by atomic mass is 10.0. The molecule has 0 saturated carbocycles. The number of aromatic amines is 1. The molecule has 0 unspecified atom stereocenters. The van der Waals surface area contributed by atoms with E-state index in [1.165, 1.54) is 6.07 Å². The maximum atomic E-state index is 14.0. The van der Waals surface area contributed by atoms with Crippen LogP contribution >= 0.6 is 23.2 Å². The monoisotopic (exact) mass is 307 g/mol. The summed E-state index contributed by atoms with van der Waals surface area (Å²) in [4.78, 5) is 14.5. The van der Waals surface area contributed by atoms with Gasteiger partial charge in [0.15, 0.2) is 0 Å². The minimum atomic E-state index is -0.671. The van der Waals surface area contributed by atoms with E-state index in [4.69, 9.17) is 23.2 Å². The largest absolute Gasteiger partial charge is 0.351 e. The number of carbonyl (C=O) groups is 1. The first-order chi connectivity index (χ1) is 9.58. The number of H-pyrrole nitrogens is 1. The average molecular weight is 308 g/mol. The molecule has 0 bridgehead atoms. The summed E-state index contributed by atoms with van der Waals surface area (Å²) >= 11 is 11.6. The number of carbonyl (C=O) groups excluding carboxylic acids is 1. The van der Waals surface area contributed by atoms with E-state index in [0.717, 1.165) is 0 Å². The molecule has 3 rings (SSSR count). The van der Waals surface area contributed by atoms with E-state index >= 15 is 0 Å². The van der Waals surface area contributed by atoms with Crippen LogP contribution in [0.3, 0.4) is 0 Å². The molecule has 0 saturated heterocycles. The van der Waals surface area contributed by atoms with Crippen LogP contribution in [0.2, 0.25) is 5.02 Å². The van der Waals surface area contributed by atoms with Crippen LogP contribution < -0.4 is 0 Å². The van der Waals surface area contributed by atoms with Crippen LogP contribution in [-0.2, 0) is 0 Å². The Balaban J connectivity index is 2.43. The van der Waals surface area contributed by atoms with Crippen molar-refractivity contribution in [2.24, 2.45) is 0 Å². The first-order valence-electron chi connectivity index (χ1n) is 5.84. The zero-order valence-electron chi connectivity index (χ0n) is 10.1. The summed E-state index contributed by atoms with van der Waals surface area (Å²) < 4.78 is 14.0. The maximum absolute atomic E-state index is 14.0. The smallest absolute Gasteiger partial charge is 0.269 e. The van der Waals surface area contributed by atoms with Gasteiger partial charge >= 0.3 is 0 Å². The molecule has 0 radical (unpaired) electrons. The quantitative estimate of drug-likeness (QED) is 0.663. The van der Waals surface area contributed by atoms with Gasteiger partial charge in [0, 0.05) is 27.1 Å². The topological polar surface area (TPSA) is 32.9 Å². The van der Waals surface area contributed by atoms with Gasteiger partial charge in [0.1, 0.15) is 11.5 Å². The van der Waals surface area contributed by atoms with Gasteiger partial charge in [0.2, 0.25) is 0 Å². The average Bonchev–Trinajstić information content (AvgIpc) is 2.78. The van der Waals surface area contributed by atoms with Crippen molar-refractivity contribution in [3.05, 3.63) is 59.0 Å². The zero-order chi connectivity index (χ0) is 14.3. The van der Waals surface area contributed by atoms with Gasteiger partial charge < -0.3 is 4.98 Å². The number of rotatable bonds is 2. The summed E-state index contributed by atoms with van der Waals surface area (Å²) in [6.07, 6.45) is 0. The van der Waals surface area contributed by atoms with E-state index in [1.54, 1.807) is 36.4 Å². The molecule has 20 heavy (non-hydrogen) atoms. The Labute approximate surface area is 124 Å². The maximum Gasteiger partial charge on any atom is 0.269 e. The molecule has 2 nitrogen and oxygen atoms in total. The van der Waals surface area contributed by atoms with E-state index in [1.807, 2.05) is 0 Å². The molecule has 1 N–H and O–H groups in total. The summed E-state index contributed by atoms with van der Waals surface area (Å²) in [5.74, 6) is -0.424. The van der Waals surface area contributed by atoms with Crippen molar-refractivity contribution in [3.8, 4) is 11.1 Å². The number of halogens is 3. The Hall–Kier alpha value is -1.84. The molecule has 1 heterocycles. The Bertz CT molecular complexity index is 826. The summed E-state index contributed by atoms with van der Waals surface area (Å²) in [5.41, 5.74) is 1.58. The van der Waals surface area contributed by atoms with Gasteiger partial charge in [0.25, 0.3) is 5.24 Å². The summed E-state index contributed by atoms with van der Waals surface area (Å²) in [6, 6.07) is 11.3. The molecule has 0 amide bonds. The molecular formula is C15H8Cl2FNO. The predicted octanol–water partition coefficient (Wildman–Crippen LogP) is 5.01. The van der Waals surface area contributed by atoms with Crippen molar-refractivity contribution in [2.45, 2.75) is 0 Å². The standard InChI is InChI=1S/C15H8Cl2FNO/c16-8-5-6-12-10(7-8)13(14(19-12)15(17)20)9-3-1-2-4-11(9)18/h1-7,19H. The number of fused-ring (bicyclic) bond motifs is 1. The third-order valence-corrected chi connectivity index (χ3v) is 3.52. The number of nitrogens with one attached hydrogen (secondary N) is 1. The number of hydrogen-bond donors (Lipinski definition) is 1. The van der Waals surface area contributed by atoms with Gasteiger partial charge in [-0.05, 0) is 35.9 Å². The number of hydrogen-bond acceptors (Lipinski definition) is 1. The molecule has 100 valence electrons. The molecule has 5 heteroatoms. The molecule has 0 atom stereocenters. The Kier molecular flexibility index (Phi) is 3.24. The molecular weight excluding hydrogens is 300 g/mol. The van der Waals surface area contributed by atoms with Gasteiger partial charge in [-0.2, -0.15) is 0 Å². The van der Waals surface area contributed by atoms with Crippen LogP contribution in [0.25, 0.3) is 22.0 Å². The number of aromatic nitrogens is 1. The van der Waals surface area contributed by atoms with Gasteiger partial charge in [-0.3, -0.25) is 4.79 Å². The SMILES string of the molecule is O=C(Cl)c1[nH]c2ccc(Cl)cc2c1-c1ccccc1F. The third kappa shape index (κ3) is 2.09. The van der Waals surface area contributed by atoms with Crippen LogP contribution in [-0.4, -0.2) is 10.2 Å². The van der Waals surface area contributed by atoms with Crippen LogP contribution in [0, 0.1) is 5.82 Å². The van der Waals surface area contributed by atoms with Gasteiger partial charge in [0.05, 0.1) is 0 Å². The first-order valence-corrected chi connectivity index (χ1v) is 6.59. The highest BCUT2D eigenvalue weighted by atomic mass is 35.5. The van der Waals surface area contributed by atoms with Crippen LogP contribution in [0.1, 0.15) is 10.5 Å².